The van der Waals surface area contributed by atoms with Crippen LogP contribution in [0.25, 0.3) is 0 Å². The fraction of sp³-hybridized carbons (Fsp3) is 0.200. The smallest absolute Gasteiger partial charge is 0.127 e. The summed E-state index contributed by atoms with van der Waals surface area (Å²) in [4.78, 5) is 0. The van der Waals surface area contributed by atoms with E-state index in [1.54, 1.807) is 26.4 Å². The number of hydrogen-bond acceptors (Lipinski definition) is 4. The highest BCUT2D eigenvalue weighted by Gasteiger charge is 2.20. The third-order valence-corrected chi connectivity index (χ3v) is 3.88. The van der Waals surface area contributed by atoms with E-state index < -0.39 is 0 Å². The van der Waals surface area contributed by atoms with E-state index in [4.69, 9.17) is 15.3 Å². The number of rotatable bonds is 5. The summed E-state index contributed by atoms with van der Waals surface area (Å²) in [5, 5.41) is 0. The molecule has 0 fully saturated rings. The van der Waals surface area contributed by atoms with Crippen LogP contribution in [0, 0.1) is 5.82 Å². The Bertz CT molecular complexity index is 637. The lowest BCUT2D eigenvalue weighted by Gasteiger charge is -2.21. The predicted molar refractivity (Wildman–Crippen MR) is 82.8 cm³/mol. The van der Waals surface area contributed by atoms with Crippen molar-refractivity contribution in [2.75, 3.05) is 14.2 Å². The number of ether oxygens (including phenoxy) is 2. The number of nitrogens with one attached hydrogen (secondary N) is 1. The van der Waals surface area contributed by atoms with Gasteiger partial charge in [-0.1, -0.05) is 22.0 Å². The highest BCUT2D eigenvalue weighted by Crippen LogP contribution is 2.35. The van der Waals surface area contributed by atoms with Gasteiger partial charge in [-0.25, -0.2) is 9.82 Å². The zero-order valence-electron chi connectivity index (χ0n) is 11.7. The van der Waals surface area contributed by atoms with Gasteiger partial charge in [0.05, 0.1) is 20.3 Å². The van der Waals surface area contributed by atoms with Crippen LogP contribution in [0.1, 0.15) is 17.2 Å². The first kappa shape index (κ1) is 15.8. The molecule has 1 unspecified atom stereocenters. The molecule has 0 aliphatic carbocycles. The molecule has 0 saturated heterocycles. The molecule has 0 aliphatic heterocycles. The van der Waals surface area contributed by atoms with Crippen molar-refractivity contribution in [2.24, 2.45) is 5.84 Å². The predicted octanol–water partition coefficient (Wildman–Crippen LogP) is 3.16. The van der Waals surface area contributed by atoms with Gasteiger partial charge in [-0.2, -0.15) is 0 Å². The van der Waals surface area contributed by atoms with Crippen LogP contribution in [0.2, 0.25) is 0 Å². The van der Waals surface area contributed by atoms with E-state index in [0.29, 0.717) is 16.0 Å². The molecule has 0 radical (unpaired) electrons. The van der Waals surface area contributed by atoms with Crippen LogP contribution in [0.3, 0.4) is 0 Å². The highest BCUT2D eigenvalue weighted by molar-refractivity contribution is 9.10. The molecule has 6 heteroatoms. The topological polar surface area (TPSA) is 56.5 Å². The lowest BCUT2D eigenvalue weighted by atomic mass is 9.98. The minimum Gasteiger partial charge on any atom is -0.497 e. The summed E-state index contributed by atoms with van der Waals surface area (Å²) in [5.41, 5.74) is 4.37. The van der Waals surface area contributed by atoms with E-state index in [-0.39, 0.29) is 11.9 Å². The number of benzene rings is 2. The summed E-state index contributed by atoms with van der Waals surface area (Å²) in [7, 11) is 3.16. The van der Waals surface area contributed by atoms with E-state index in [0.717, 1.165) is 11.1 Å². The molecular weight excluding hydrogens is 339 g/mol. The van der Waals surface area contributed by atoms with Crippen LogP contribution in [-0.2, 0) is 0 Å². The Labute approximate surface area is 131 Å². The van der Waals surface area contributed by atoms with Crippen LogP contribution in [0.4, 0.5) is 4.39 Å². The molecule has 0 saturated carbocycles. The Balaban J connectivity index is 2.50. The number of nitrogens with two attached hydrogens (primary N) is 1. The zero-order valence-corrected chi connectivity index (χ0v) is 13.3. The first-order chi connectivity index (χ1) is 10.1. The normalized spacial score (nSPS) is 12.0. The zero-order chi connectivity index (χ0) is 15.4. The molecule has 21 heavy (non-hydrogen) atoms. The third kappa shape index (κ3) is 3.34. The van der Waals surface area contributed by atoms with Crippen LogP contribution < -0.4 is 20.7 Å². The van der Waals surface area contributed by atoms with Crippen molar-refractivity contribution in [2.45, 2.75) is 6.04 Å². The Morgan fingerprint density at radius 3 is 2.38 bits per heavy atom. The maximum atomic E-state index is 13.2. The van der Waals surface area contributed by atoms with Crippen molar-refractivity contribution >= 4 is 15.9 Å². The minimum atomic E-state index is -0.346. The summed E-state index contributed by atoms with van der Waals surface area (Å²) in [6.45, 7) is 0. The van der Waals surface area contributed by atoms with Gasteiger partial charge in [0.15, 0.2) is 0 Å². The lowest BCUT2D eigenvalue weighted by molar-refractivity contribution is 0.387. The molecule has 0 amide bonds. The van der Waals surface area contributed by atoms with Crippen molar-refractivity contribution in [3.05, 3.63) is 57.8 Å². The first-order valence-electron chi connectivity index (χ1n) is 6.23. The van der Waals surface area contributed by atoms with Crippen molar-refractivity contribution in [1.29, 1.82) is 0 Å². The second-order valence-electron chi connectivity index (χ2n) is 4.37. The van der Waals surface area contributed by atoms with E-state index in [2.05, 4.69) is 21.4 Å². The summed E-state index contributed by atoms with van der Waals surface area (Å²) in [6, 6.07) is 9.57. The molecule has 0 heterocycles. The molecule has 1 atom stereocenters. The number of halogens is 2. The second-order valence-corrected chi connectivity index (χ2v) is 5.23. The first-order valence-corrected chi connectivity index (χ1v) is 7.03. The van der Waals surface area contributed by atoms with Crippen molar-refractivity contribution < 1.29 is 13.9 Å². The Hall–Kier alpha value is -1.63. The number of methoxy groups -OCH3 is 2. The minimum absolute atomic E-state index is 0.317. The van der Waals surface area contributed by atoms with Crippen LogP contribution >= 0.6 is 15.9 Å². The van der Waals surface area contributed by atoms with Gasteiger partial charge in [-0.15, -0.1) is 0 Å². The molecule has 0 spiro atoms. The van der Waals surface area contributed by atoms with Gasteiger partial charge in [-0.3, -0.25) is 5.84 Å². The molecule has 2 rings (SSSR count). The standard InChI is InChI=1S/C15H16BrFN2O2/c1-20-10-4-6-12(14(8-10)21-2)15(19-18)11-5-3-9(17)7-13(11)16/h3-8,15,19H,18H2,1-2H3. The van der Waals surface area contributed by atoms with E-state index >= 15 is 0 Å². The molecule has 0 bridgehead atoms. The van der Waals surface area contributed by atoms with Crippen molar-refractivity contribution in [1.82, 2.24) is 5.43 Å². The maximum Gasteiger partial charge on any atom is 0.127 e. The highest BCUT2D eigenvalue weighted by atomic mass is 79.9. The fourth-order valence-electron chi connectivity index (χ4n) is 2.14. The van der Waals surface area contributed by atoms with Gasteiger partial charge in [0.1, 0.15) is 17.3 Å². The van der Waals surface area contributed by atoms with Gasteiger partial charge in [-0.05, 0) is 29.8 Å². The molecular formula is C15H16BrFN2O2. The summed E-state index contributed by atoms with van der Waals surface area (Å²) < 4.78 is 24.4. The largest absolute Gasteiger partial charge is 0.497 e. The van der Waals surface area contributed by atoms with Gasteiger partial charge >= 0.3 is 0 Å². The molecule has 0 aromatic heterocycles. The second kappa shape index (κ2) is 6.89. The summed E-state index contributed by atoms with van der Waals surface area (Å²) >= 11 is 3.36. The lowest BCUT2D eigenvalue weighted by Crippen LogP contribution is -2.29. The summed E-state index contributed by atoms with van der Waals surface area (Å²) in [5.74, 6) is 6.69. The van der Waals surface area contributed by atoms with Gasteiger partial charge < -0.3 is 9.47 Å². The van der Waals surface area contributed by atoms with Gasteiger partial charge in [0.25, 0.3) is 0 Å². The van der Waals surface area contributed by atoms with Crippen molar-refractivity contribution in [3.8, 4) is 11.5 Å². The molecule has 2 aromatic carbocycles. The number of hydrazine groups is 1. The molecule has 112 valence electrons. The number of hydrogen-bond donors (Lipinski definition) is 2. The Morgan fingerprint density at radius 1 is 1.10 bits per heavy atom. The fourth-order valence-corrected chi connectivity index (χ4v) is 2.72. The molecule has 0 aliphatic rings. The van der Waals surface area contributed by atoms with Gasteiger partial charge in [0, 0.05) is 16.1 Å². The van der Waals surface area contributed by atoms with Gasteiger partial charge in [0.2, 0.25) is 0 Å². The molecule has 4 nitrogen and oxygen atoms in total. The quantitative estimate of drug-likeness (QED) is 0.639. The SMILES string of the molecule is COc1ccc(C(NN)c2ccc(F)cc2Br)c(OC)c1. The van der Waals surface area contributed by atoms with Crippen LogP contribution in [0.15, 0.2) is 40.9 Å². The van der Waals surface area contributed by atoms with E-state index in [9.17, 15) is 4.39 Å². The van der Waals surface area contributed by atoms with Crippen LogP contribution in [0.5, 0.6) is 11.5 Å². The monoisotopic (exact) mass is 354 g/mol. The summed E-state index contributed by atoms with van der Waals surface area (Å²) in [6.07, 6.45) is 0. The van der Waals surface area contributed by atoms with E-state index in [1.807, 2.05) is 12.1 Å². The Morgan fingerprint density at radius 2 is 1.81 bits per heavy atom. The van der Waals surface area contributed by atoms with Crippen LogP contribution in [-0.4, -0.2) is 14.2 Å². The molecule has 2 aromatic rings. The average molecular weight is 355 g/mol. The maximum absolute atomic E-state index is 13.2. The molecule has 3 N–H and O–H groups in total. The third-order valence-electron chi connectivity index (χ3n) is 3.19. The average Bonchev–Trinajstić information content (AvgIpc) is 2.50. The van der Waals surface area contributed by atoms with Crippen molar-refractivity contribution in [3.63, 3.8) is 0 Å². The van der Waals surface area contributed by atoms with E-state index in [1.165, 1.54) is 12.1 Å². The Kier molecular flexibility index (Phi) is 5.17.